The minimum absolute atomic E-state index is 0.578. The SMILES string of the molecule is Cc1nn(C)cc1C=CCN. The number of aromatic nitrogens is 2. The van der Waals surface area contributed by atoms with Gasteiger partial charge in [0, 0.05) is 25.4 Å². The molecule has 0 saturated heterocycles. The van der Waals surface area contributed by atoms with Gasteiger partial charge in [0.2, 0.25) is 0 Å². The Labute approximate surface area is 66.5 Å². The zero-order valence-electron chi connectivity index (χ0n) is 6.91. The lowest BCUT2D eigenvalue weighted by atomic mass is 10.2. The van der Waals surface area contributed by atoms with E-state index in [-0.39, 0.29) is 0 Å². The second-order valence-electron chi connectivity index (χ2n) is 2.48. The maximum absolute atomic E-state index is 5.32. The van der Waals surface area contributed by atoms with E-state index in [4.69, 9.17) is 5.73 Å². The van der Waals surface area contributed by atoms with Gasteiger partial charge in [0.15, 0.2) is 0 Å². The minimum atomic E-state index is 0.578. The highest BCUT2D eigenvalue weighted by molar-refractivity contribution is 5.50. The van der Waals surface area contributed by atoms with E-state index < -0.39 is 0 Å². The van der Waals surface area contributed by atoms with Gasteiger partial charge < -0.3 is 5.73 Å². The molecule has 11 heavy (non-hydrogen) atoms. The summed E-state index contributed by atoms with van der Waals surface area (Å²) in [6, 6.07) is 0. The van der Waals surface area contributed by atoms with Gasteiger partial charge >= 0.3 is 0 Å². The Morgan fingerprint density at radius 3 is 2.91 bits per heavy atom. The summed E-state index contributed by atoms with van der Waals surface area (Å²) in [5, 5.41) is 4.19. The smallest absolute Gasteiger partial charge is 0.0665 e. The van der Waals surface area contributed by atoms with Gasteiger partial charge in [0.05, 0.1) is 5.69 Å². The molecular formula is C8H13N3. The predicted octanol–water partition coefficient (Wildman–Crippen LogP) is 0.700. The summed E-state index contributed by atoms with van der Waals surface area (Å²) in [7, 11) is 1.91. The molecule has 1 aromatic rings. The van der Waals surface area contributed by atoms with Gasteiger partial charge in [0.25, 0.3) is 0 Å². The maximum Gasteiger partial charge on any atom is 0.0665 e. The summed E-state index contributed by atoms with van der Waals surface area (Å²) in [4.78, 5) is 0. The van der Waals surface area contributed by atoms with Crippen LogP contribution in [0.5, 0.6) is 0 Å². The molecule has 2 N–H and O–H groups in total. The van der Waals surface area contributed by atoms with Crippen LogP contribution < -0.4 is 5.73 Å². The Balaban J connectivity index is 2.85. The molecule has 0 spiro atoms. The molecule has 0 radical (unpaired) electrons. The molecule has 0 aromatic carbocycles. The Morgan fingerprint density at radius 2 is 2.45 bits per heavy atom. The van der Waals surface area contributed by atoms with Crippen molar-refractivity contribution in [3.05, 3.63) is 23.5 Å². The highest BCUT2D eigenvalue weighted by atomic mass is 15.2. The molecule has 3 heteroatoms. The van der Waals surface area contributed by atoms with E-state index in [9.17, 15) is 0 Å². The normalized spacial score (nSPS) is 11.2. The molecule has 0 amide bonds. The molecule has 0 aliphatic rings. The van der Waals surface area contributed by atoms with Crippen molar-refractivity contribution in [2.24, 2.45) is 12.8 Å². The van der Waals surface area contributed by atoms with Crippen LogP contribution in [0.2, 0.25) is 0 Å². The van der Waals surface area contributed by atoms with Crippen LogP contribution in [0, 0.1) is 6.92 Å². The lowest BCUT2D eigenvalue weighted by Crippen LogP contribution is -1.91. The van der Waals surface area contributed by atoms with Crippen LogP contribution in [0.4, 0.5) is 0 Å². The quantitative estimate of drug-likeness (QED) is 0.676. The first-order chi connectivity index (χ1) is 5.24. The third-order valence-corrected chi connectivity index (χ3v) is 1.48. The summed E-state index contributed by atoms with van der Waals surface area (Å²) in [6.07, 6.45) is 5.88. The van der Waals surface area contributed by atoms with Gasteiger partial charge in [-0.25, -0.2) is 0 Å². The standard InChI is InChI=1S/C8H13N3/c1-7-8(4-3-5-9)6-11(2)10-7/h3-4,6H,5,9H2,1-2H3. The van der Waals surface area contributed by atoms with Crippen molar-refractivity contribution in [1.82, 2.24) is 9.78 Å². The fourth-order valence-electron chi connectivity index (χ4n) is 0.977. The van der Waals surface area contributed by atoms with E-state index in [0.717, 1.165) is 11.3 Å². The molecule has 1 rings (SSSR count). The van der Waals surface area contributed by atoms with Crippen molar-refractivity contribution in [3.8, 4) is 0 Å². The van der Waals surface area contributed by atoms with Gasteiger partial charge in [-0.2, -0.15) is 5.10 Å². The van der Waals surface area contributed by atoms with Crippen molar-refractivity contribution in [3.63, 3.8) is 0 Å². The Kier molecular flexibility index (Phi) is 2.44. The molecule has 0 unspecified atom stereocenters. The third kappa shape index (κ3) is 1.91. The number of nitrogens with two attached hydrogens (primary N) is 1. The molecule has 3 nitrogen and oxygen atoms in total. The van der Waals surface area contributed by atoms with E-state index in [2.05, 4.69) is 5.10 Å². The van der Waals surface area contributed by atoms with E-state index >= 15 is 0 Å². The molecular weight excluding hydrogens is 138 g/mol. The average molecular weight is 151 g/mol. The van der Waals surface area contributed by atoms with Crippen LogP contribution in [0.1, 0.15) is 11.3 Å². The number of hydrogen-bond acceptors (Lipinski definition) is 2. The Morgan fingerprint density at radius 1 is 1.73 bits per heavy atom. The van der Waals surface area contributed by atoms with Gasteiger partial charge in [-0.15, -0.1) is 0 Å². The molecule has 0 aliphatic heterocycles. The second-order valence-corrected chi connectivity index (χ2v) is 2.48. The van der Waals surface area contributed by atoms with Crippen LogP contribution in [-0.2, 0) is 7.05 Å². The first kappa shape index (κ1) is 8.01. The van der Waals surface area contributed by atoms with Crippen LogP contribution in [-0.4, -0.2) is 16.3 Å². The van der Waals surface area contributed by atoms with E-state index in [1.807, 2.05) is 32.3 Å². The summed E-state index contributed by atoms with van der Waals surface area (Å²) >= 11 is 0. The number of hydrogen-bond donors (Lipinski definition) is 1. The predicted molar refractivity (Wildman–Crippen MR) is 46.0 cm³/mol. The van der Waals surface area contributed by atoms with Gasteiger partial charge in [-0.05, 0) is 6.92 Å². The fraction of sp³-hybridized carbons (Fsp3) is 0.375. The first-order valence-corrected chi connectivity index (χ1v) is 3.61. The van der Waals surface area contributed by atoms with Crippen molar-refractivity contribution < 1.29 is 0 Å². The second kappa shape index (κ2) is 3.34. The van der Waals surface area contributed by atoms with Crippen LogP contribution >= 0.6 is 0 Å². The van der Waals surface area contributed by atoms with E-state index in [1.54, 1.807) is 4.68 Å². The fourth-order valence-corrected chi connectivity index (χ4v) is 0.977. The summed E-state index contributed by atoms with van der Waals surface area (Å²) in [5.74, 6) is 0. The molecule has 0 atom stereocenters. The number of aryl methyl sites for hydroxylation is 2. The topological polar surface area (TPSA) is 43.8 Å². The highest BCUT2D eigenvalue weighted by Crippen LogP contribution is 2.05. The lowest BCUT2D eigenvalue weighted by Gasteiger charge is -1.84. The maximum atomic E-state index is 5.32. The molecule has 1 aromatic heterocycles. The molecule has 0 fully saturated rings. The van der Waals surface area contributed by atoms with Crippen molar-refractivity contribution in [2.45, 2.75) is 6.92 Å². The number of rotatable bonds is 2. The Hall–Kier alpha value is -1.09. The Bertz CT molecular complexity index is 260. The monoisotopic (exact) mass is 151 g/mol. The minimum Gasteiger partial charge on any atom is -0.327 e. The average Bonchev–Trinajstić information content (AvgIpc) is 2.26. The molecule has 60 valence electrons. The zero-order chi connectivity index (χ0) is 8.27. The van der Waals surface area contributed by atoms with Gasteiger partial charge in [0.1, 0.15) is 0 Å². The summed E-state index contributed by atoms with van der Waals surface area (Å²) in [6.45, 7) is 2.56. The van der Waals surface area contributed by atoms with E-state index in [0.29, 0.717) is 6.54 Å². The van der Waals surface area contributed by atoms with Crippen molar-refractivity contribution in [2.75, 3.05) is 6.54 Å². The largest absolute Gasteiger partial charge is 0.327 e. The van der Waals surface area contributed by atoms with Crippen LogP contribution in [0.3, 0.4) is 0 Å². The van der Waals surface area contributed by atoms with E-state index in [1.165, 1.54) is 0 Å². The first-order valence-electron chi connectivity index (χ1n) is 3.61. The molecule has 0 aliphatic carbocycles. The molecule has 1 heterocycles. The molecule has 0 bridgehead atoms. The van der Waals surface area contributed by atoms with Crippen LogP contribution in [0.25, 0.3) is 6.08 Å². The third-order valence-electron chi connectivity index (χ3n) is 1.48. The van der Waals surface area contributed by atoms with Crippen molar-refractivity contribution >= 4 is 6.08 Å². The van der Waals surface area contributed by atoms with Gasteiger partial charge in [-0.3, -0.25) is 4.68 Å². The lowest BCUT2D eigenvalue weighted by molar-refractivity contribution is 0.756. The summed E-state index contributed by atoms with van der Waals surface area (Å²) < 4.78 is 1.80. The molecule has 0 saturated carbocycles. The van der Waals surface area contributed by atoms with Gasteiger partial charge in [-0.1, -0.05) is 12.2 Å². The summed E-state index contributed by atoms with van der Waals surface area (Å²) in [5.41, 5.74) is 7.50. The van der Waals surface area contributed by atoms with Crippen molar-refractivity contribution in [1.29, 1.82) is 0 Å². The number of nitrogens with zero attached hydrogens (tertiary/aromatic N) is 2. The van der Waals surface area contributed by atoms with Crippen LogP contribution in [0.15, 0.2) is 12.3 Å². The zero-order valence-corrected chi connectivity index (χ0v) is 6.91. The highest BCUT2D eigenvalue weighted by Gasteiger charge is 1.96.